The number of nitrogens with one attached hydrogen (secondary N) is 3. The highest BCUT2D eigenvalue weighted by atomic mass is 32.1. The van der Waals surface area contributed by atoms with E-state index in [0.29, 0.717) is 17.4 Å². The fourth-order valence-corrected chi connectivity index (χ4v) is 4.21. The summed E-state index contributed by atoms with van der Waals surface area (Å²) in [4.78, 5) is 20.2. The number of carbonyl (C=O) groups is 1. The van der Waals surface area contributed by atoms with E-state index in [9.17, 15) is 4.79 Å². The molecular weight excluding hydrogens is 388 g/mol. The lowest BCUT2D eigenvalue weighted by molar-refractivity contribution is 0.262. The first kappa shape index (κ1) is 19.3. The van der Waals surface area contributed by atoms with Crippen molar-refractivity contribution in [1.82, 2.24) is 25.6 Å². The predicted octanol–water partition coefficient (Wildman–Crippen LogP) is 3.38. The van der Waals surface area contributed by atoms with Gasteiger partial charge in [-0.1, -0.05) is 11.3 Å². The summed E-state index contributed by atoms with van der Waals surface area (Å²) in [5.74, 6) is 0.662. The van der Waals surface area contributed by atoms with Crippen molar-refractivity contribution in [3.8, 4) is 0 Å². The molecule has 1 aliphatic heterocycles. The van der Waals surface area contributed by atoms with Gasteiger partial charge in [0.1, 0.15) is 0 Å². The smallest absolute Gasteiger partial charge is 0.325 e. The molecule has 2 aromatic heterocycles. The summed E-state index contributed by atoms with van der Waals surface area (Å²) < 4.78 is 0. The van der Waals surface area contributed by atoms with Crippen LogP contribution >= 0.6 is 11.3 Å². The maximum atomic E-state index is 12.5. The van der Waals surface area contributed by atoms with Gasteiger partial charge in [0.2, 0.25) is 0 Å². The monoisotopic (exact) mass is 412 g/mol. The van der Waals surface area contributed by atoms with Gasteiger partial charge in [-0.05, 0) is 50.3 Å². The Labute approximate surface area is 172 Å². The first-order valence-corrected chi connectivity index (χ1v) is 10.6. The van der Waals surface area contributed by atoms with Crippen molar-refractivity contribution in [2.24, 2.45) is 0 Å². The molecule has 3 N–H and O–H groups in total. The van der Waals surface area contributed by atoms with E-state index in [0.717, 1.165) is 35.8 Å². The number of anilines is 3. The van der Waals surface area contributed by atoms with Gasteiger partial charge in [-0.15, -0.1) is 21.5 Å². The number of aromatic nitrogens is 5. The summed E-state index contributed by atoms with van der Waals surface area (Å²) in [5, 5.41) is 20.3. The van der Waals surface area contributed by atoms with Crippen LogP contribution in [0.2, 0.25) is 0 Å². The number of hydrogen-bond acceptors (Lipinski definition) is 7. The third-order valence-electron chi connectivity index (χ3n) is 4.86. The van der Waals surface area contributed by atoms with Crippen molar-refractivity contribution in [3.05, 3.63) is 40.7 Å². The van der Waals surface area contributed by atoms with Crippen molar-refractivity contribution < 1.29 is 4.79 Å². The van der Waals surface area contributed by atoms with Crippen molar-refractivity contribution in [2.45, 2.75) is 39.0 Å². The van der Waals surface area contributed by atoms with Crippen LogP contribution < -0.4 is 15.5 Å². The Hall–Kier alpha value is -3.01. The number of carbonyl (C=O) groups excluding carboxylic acids is 1. The predicted molar refractivity (Wildman–Crippen MR) is 114 cm³/mol. The number of amides is 2. The van der Waals surface area contributed by atoms with Crippen LogP contribution in [0.5, 0.6) is 0 Å². The van der Waals surface area contributed by atoms with E-state index in [1.807, 2.05) is 12.1 Å². The molecule has 1 saturated heterocycles. The number of urea groups is 1. The molecule has 0 atom stereocenters. The van der Waals surface area contributed by atoms with Crippen LogP contribution in [-0.2, 0) is 12.8 Å². The first-order chi connectivity index (χ1) is 14.2. The molecule has 0 radical (unpaired) electrons. The molecule has 1 aromatic carbocycles. The zero-order chi connectivity index (χ0) is 20.1. The Morgan fingerprint density at radius 2 is 2.07 bits per heavy atom. The molecule has 0 saturated carbocycles. The van der Waals surface area contributed by atoms with Gasteiger partial charge in [-0.2, -0.15) is 5.21 Å². The molecule has 0 bridgehead atoms. The Bertz CT molecular complexity index is 949. The number of aromatic amines is 1. The van der Waals surface area contributed by atoms with Gasteiger partial charge in [-0.25, -0.2) is 9.78 Å². The topological polar surface area (TPSA) is 112 Å². The molecule has 9 nitrogen and oxygen atoms in total. The number of thiazole rings is 1. The molecule has 1 aliphatic rings. The zero-order valence-electron chi connectivity index (χ0n) is 16.3. The number of piperidine rings is 1. The maximum absolute atomic E-state index is 12.5. The van der Waals surface area contributed by atoms with Crippen LogP contribution in [0.1, 0.15) is 35.5 Å². The van der Waals surface area contributed by atoms with Gasteiger partial charge < -0.3 is 10.2 Å². The molecule has 0 unspecified atom stereocenters. The second kappa shape index (κ2) is 8.99. The number of H-pyrrole nitrogens is 1. The third kappa shape index (κ3) is 5.08. The van der Waals surface area contributed by atoms with Crippen LogP contribution in [0.3, 0.4) is 0 Å². The fraction of sp³-hybridized carbons (Fsp3) is 0.421. The summed E-state index contributed by atoms with van der Waals surface area (Å²) in [7, 11) is 0. The van der Waals surface area contributed by atoms with E-state index in [4.69, 9.17) is 0 Å². The minimum atomic E-state index is -0.286. The van der Waals surface area contributed by atoms with Crippen molar-refractivity contribution in [1.29, 1.82) is 0 Å². The molecule has 3 heterocycles. The summed E-state index contributed by atoms with van der Waals surface area (Å²) in [5.41, 5.74) is 3.09. The number of tetrazole rings is 1. The number of aryl methyl sites for hydroxylation is 3. The van der Waals surface area contributed by atoms with Gasteiger partial charge in [0.05, 0.1) is 11.4 Å². The molecular formula is C19H24N8OS. The normalized spacial score (nSPS) is 14.0. The number of hydrogen-bond donors (Lipinski definition) is 3. The van der Waals surface area contributed by atoms with E-state index in [-0.39, 0.29) is 6.03 Å². The number of benzene rings is 1. The van der Waals surface area contributed by atoms with Crippen LogP contribution in [0.25, 0.3) is 0 Å². The highest BCUT2D eigenvalue weighted by molar-refractivity contribution is 7.15. The van der Waals surface area contributed by atoms with Gasteiger partial charge >= 0.3 is 6.03 Å². The van der Waals surface area contributed by atoms with Crippen LogP contribution in [0, 0.1) is 6.92 Å². The molecule has 10 heteroatoms. The van der Waals surface area contributed by atoms with Crippen molar-refractivity contribution in [2.75, 3.05) is 28.6 Å². The van der Waals surface area contributed by atoms with Gasteiger partial charge in [0.15, 0.2) is 11.0 Å². The maximum Gasteiger partial charge on any atom is 0.325 e. The number of rotatable bonds is 6. The largest absolute Gasteiger partial charge is 0.370 e. The van der Waals surface area contributed by atoms with Gasteiger partial charge in [0, 0.05) is 30.6 Å². The molecule has 4 rings (SSSR count). The summed E-state index contributed by atoms with van der Waals surface area (Å²) in [6.45, 7) is 4.12. The summed E-state index contributed by atoms with van der Waals surface area (Å²) >= 11 is 1.45. The molecule has 152 valence electrons. The highest BCUT2D eigenvalue weighted by Crippen LogP contribution is 2.30. The van der Waals surface area contributed by atoms with E-state index >= 15 is 0 Å². The quantitative estimate of drug-likeness (QED) is 0.572. The second-order valence-electron chi connectivity index (χ2n) is 7.11. The lowest BCUT2D eigenvalue weighted by Gasteiger charge is -2.30. The Morgan fingerprint density at radius 1 is 1.21 bits per heavy atom. The Balaban J connectivity index is 1.37. The minimum absolute atomic E-state index is 0.286. The second-order valence-corrected chi connectivity index (χ2v) is 8.22. The first-order valence-electron chi connectivity index (χ1n) is 9.78. The van der Waals surface area contributed by atoms with Crippen molar-refractivity contribution in [3.63, 3.8) is 0 Å². The molecule has 3 aromatic rings. The lowest BCUT2D eigenvalue weighted by atomic mass is 10.1. The average Bonchev–Trinajstić information content (AvgIpc) is 3.40. The van der Waals surface area contributed by atoms with Crippen molar-refractivity contribution >= 4 is 33.9 Å². The zero-order valence-corrected chi connectivity index (χ0v) is 17.1. The van der Waals surface area contributed by atoms with E-state index in [1.165, 1.54) is 36.2 Å². The molecule has 0 spiro atoms. The Morgan fingerprint density at radius 3 is 2.86 bits per heavy atom. The number of nitrogens with zero attached hydrogens (tertiary/aromatic N) is 5. The summed E-state index contributed by atoms with van der Waals surface area (Å²) in [6.07, 6.45) is 6.83. The average molecular weight is 413 g/mol. The SMILES string of the molecule is Cc1ccc(NC(=O)Nc2ncc(CCc3nn[nH]n3)s2)c(N2CCCCC2)c1. The van der Waals surface area contributed by atoms with Gasteiger partial charge in [0.25, 0.3) is 0 Å². The highest BCUT2D eigenvalue weighted by Gasteiger charge is 2.16. The van der Waals surface area contributed by atoms with E-state index in [1.54, 1.807) is 6.20 Å². The van der Waals surface area contributed by atoms with E-state index < -0.39 is 0 Å². The van der Waals surface area contributed by atoms with E-state index in [2.05, 4.69) is 54.1 Å². The summed E-state index contributed by atoms with van der Waals surface area (Å²) in [6, 6.07) is 5.84. The Kier molecular flexibility index (Phi) is 5.99. The standard InChI is InChI=1S/C19H24N8OS/c1-13-5-7-15(16(11-13)27-9-3-2-4-10-27)21-18(28)22-19-20-12-14(29-19)6-8-17-23-25-26-24-17/h5,7,11-12H,2-4,6,8-10H2,1H3,(H2,20,21,22,28)(H,23,24,25,26). The van der Waals surface area contributed by atoms with Gasteiger partial charge in [-0.3, -0.25) is 5.32 Å². The molecule has 0 aliphatic carbocycles. The molecule has 1 fully saturated rings. The third-order valence-corrected chi connectivity index (χ3v) is 5.83. The molecule has 29 heavy (non-hydrogen) atoms. The lowest BCUT2D eigenvalue weighted by Crippen LogP contribution is -2.31. The fourth-order valence-electron chi connectivity index (χ4n) is 3.40. The molecule has 2 amide bonds. The minimum Gasteiger partial charge on any atom is -0.370 e. The van der Waals surface area contributed by atoms with Crippen LogP contribution in [0.4, 0.5) is 21.3 Å². The van der Waals surface area contributed by atoms with Crippen LogP contribution in [-0.4, -0.2) is 44.7 Å². The van der Waals surface area contributed by atoms with Crippen LogP contribution in [0.15, 0.2) is 24.4 Å².